The number of nitrogens with one attached hydrogen (secondary N) is 1. The second-order valence-electron chi connectivity index (χ2n) is 9.90. The number of aliphatic hydroxyl groups is 2. The maximum Gasteiger partial charge on any atom is 0.334 e. The molecule has 0 aromatic carbocycles. The SMILES string of the molecule is O=C(CP(=O)(O)O)N(CC1CC1)C[C@H]1O[C@@H](n2ncc3c(NC4CCCC4)nc(Cl)nc32)[C@H](O)[C@@H]1O. The zero-order valence-electron chi connectivity index (χ0n) is 19.5. The van der Waals surface area contributed by atoms with Gasteiger partial charge >= 0.3 is 7.60 Å². The summed E-state index contributed by atoms with van der Waals surface area (Å²) in [4.78, 5) is 40.9. The van der Waals surface area contributed by atoms with Crippen LogP contribution in [-0.2, 0) is 14.1 Å². The van der Waals surface area contributed by atoms with Gasteiger partial charge in [0.25, 0.3) is 0 Å². The number of anilines is 1. The summed E-state index contributed by atoms with van der Waals surface area (Å²) in [5.74, 6) is 0.0479. The number of halogens is 1. The first-order valence-corrected chi connectivity index (χ1v) is 14.3. The molecule has 198 valence electrons. The van der Waals surface area contributed by atoms with E-state index in [4.69, 9.17) is 16.3 Å². The summed E-state index contributed by atoms with van der Waals surface area (Å²) in [5, 5.41) is 29.8. The Morgan fingerprint density at radius 1 is 1.17 bits per heavy atom. The molecular formula is C21H30ClN6O7P. The topological polar surface area (TPSA) is 183 Å². The van der Waals surface area contributed by atoms with Crippen molar-refractivity contribution in [3.8, 4) is 0 Å². The van der Waals surface area contributed by atoms with E-state index >= 15 is 0 Å². The molecule has 1 saturated heterocycles. The third-order valence-electron chi connectivity index (χ3n) is 6.97. The minimum Gasteiger partial charge on any atom is -0.387 e. The molecule has 3 fully saturated rings. The average molecular weight is 545 g/mol. The number of nitrogens with zero attached hydrogens (tertiary/aromatic N) is 5. The molecule has 0 bridgehead atoms. The number of carbonyl (C=O) groups is 1. The van der Waals surface area contributed by atoms with E-state index in [2.05, 4.69) is 20.4 Å². The van der Waals surface area contributed by atoms with Crippen molar-refractivity contribution in [3.63, 3.8) is 0 Å². The zero-order chi connectivity index (χ0) is 25.6. The van der Waals surface area contributed by atoms with E-state index in [9.17, 15) is 29.4 Å². The van der Waals surface area contributed by atoms with Gasteiger partial charge in [0.05, 0.1) is 11.6 Å². The minimum atomic E-state index is -4.56. The van der Waals surface area contributed by atoms with Crippen molar-refractivity contribution in [1.82, 2.24) is 24.6 Å². The van der Waals surface area contributed by atoms with Crippen molar-refractivity contribution in [2.75, 3.05) is 24.6 Å². The van der Waals surface area contributed by atoms with Crippen LogP contribution in [0.4, 0.5) is 5.82 Å². The lowest BCUT2D eigenvalue weighted by Gasteiger charge is -2.27. The van der Waals surface area contributed by atoms with Crippen molar-refractivity contribution in [3.05, 3.63) is 11.5 Å². The monoisotopic (exact) mass is 544 g/mol. The highest BCUT2D eigenvalue weighted by Crippen LogP contribution is 2.37. The number of aliphatic hydroxyl groups excluding tert-OH is 2. The summed E-state index contributed by atoms with van der Waals surface area (Å²) < 4.78 is 18.7. The summed E-state index contributed by atoms with van der Waals surface area (Å²) in [6.45, 7) is 0.170. The number of aromatic nitrogens is 4. The van der Waals surface area contributed by atoms with Gasteiger partial charge in [-0.1, -0.05) is 12.8 Å². The highest BCUT2D eigenvalue weighted by atomic mass is 35.5. The first-order valence-electron chi connectivity index (χ1n) is 12.1. The highest BCUT2D eigenvalue weighted by Gasteiger charge is 2.46. The molecule has 0 unspecified atom stereocenters. The maximum atomic E-state index is 12.6. The molecule has 1 aliphatic heterocycles. The number of rotatable bonds is 9. The van der Waals surface area contributed by atoms with Crippen molar-refractivity contribution in [1.29, 1.82) is 0 Å². The van der Waals surface area contributed by atoms with E-state index in [-0.39, 0.29) is 23.8 Å². The highest BCUT2D eigenvalue weighted by molar-refractivity contribution is 7.52. The number of carbonyl (C=O) groups excluding carboxylic acids is 1. The number of fused-ring (bicyclic) bond motifs is 1. The minimum absolute atomic E-state index is 0.00651. The van der Waals surface area contributed by atoms with Gasteiger partial charge in [0.2, 0.25) is 11.2 Å². The van der Waals surface area contributed by atoms with Crippen molar-refractivity contribution < 1.29 is 34.1 Å². The molecule has 5 N–H and O–H groups in total. The second kappa shape index (κ2) is 10.1. The largest absolute Gasteiger partial charge is 0.387 e. The molecule has 2 aromatic heterocycles. The second-order valence-corrected chi connectivity index (χ2v) is 11.9. The number of hydrogen-bond donors (Lipinski definition) is 5. The van der Waals surface area contributed by atoms with Gasteiger partial charge in [0.15, 0.2) is 11.9 Å². The Balaban J connectivity index is 1.36. The average Bonchev–Trinajstić information content (AvgIpc) is 3.16. The van der Waals surface area contributed by atoms with E-state index in [1.165, 1.54) is 9.58 Å². The van der Waals surface area contributed by atoms with E-state index in [1.54, 1.807) is 6.20 Å². The lowest BCUT2D eigenvalue weighted by Crippen LogP contribution is -2.44. The van der Waals surface area contributed by atoms with Crippen LogP contribution in [0.2, 0.25) is 5.28 Å². The van der Waals surface area contributed by atoms with Crippen LogP contribution in [0.1, 0.15) is 44.8 Å². The summed E-state index contributed by atoms with van der Waals surface area (Å²) in [5.41, 5.74) is 0.319. The smallest absolute Gasteiger partial charge is 0.334 e. The van der Waals surface area contributed by atoms with Gasteiger partial charge < -0.3 is 35.0 Å². The van der Waals surface area contributed by atoms with E-state index in [0.29, 0.717) is 23.4 Å². The summed E-state index contributed by atoms with van der Waals surface area (Å²) >= 11 is 6.19. The fraction of sp³-hybridized carbons (Fsp3) is 0.714. The number of ether oxygens (including phenoxy) is 1. The lowest BCUT2D eigenvalue weighted by molar-refractivity contribution is -0.132. The molecule has 2 aliphatic carbocycles. The van der Waals surface area contributed by atoms with Crippen molar-refractivity contribution in [2.45, 2.75) is 69.1 Å². The normalized spacial score (nSPS) is 27.1. The fourth-order valence-corrected chi connectivity index (χ4v) is 5.64. The van der Waals surface area contributed by atoms with Crippen LogP contribution in [0.15, 0.2) is 6.20 Å². The molecule has 4 atom stereocenters. The Hall–Kier alpha value is -1.86. The Labute approximate surface area is 212 Å². The Bertz CT molecular complexity index is 1170. The molecule has 3 aliphatic rings. The summed E-state index contributed by atoms with van der Waals surface area (Å²) in [7, 11) is -4.56. The van der Waals surface area contributed by atoms with Crippen molar-refractivity contribution >= 4 is 42.0 Å². The first kappa shape index (κ1) is 25.8. The van der Waals surface area contributed by atoms with Crippen LogP contribution in [0, 0.1) is 5.92 Å². The number of hydrogen-bond acceptors (Lipinski definition) is 9. The third-order valence-corrected chi connectivity index (χ3v) is 7.82. The Kier molecular flexibility index (Phi) is 7.25. The van der Waals surface area contributed by atoms with Gasteiger partial charge in [0.1, 0.15) is 30.3 Å². The first-order chi connectivity index (χ1) is 17.1. The zero-order valence-corrected chi connectivity index (χ0v) is 21.1. The van der Waals surface area contributed by atoms with Gasteiger partial charge in [0, 0.05) is 19.1 Å². The lowest BCUT2D eigenvalue weighted by atomic mass is 10.1. The van der Waals surface area contributed by atoms with E-state index in [1.807, 2.05) is 0 Å². The molecule has 5 rings (SSSR count). The van der Waals surface area contributed by atoms with Crippen LogP contribution < -0.4 is 5.32 Å². The maximum absolute atomic E-state index is 12.6. The Morgan fingerprint density at radius 3 is 2.56 bits per heavy atom. The van der Waals surface area contributed by atoms with E-state index < -0.39 is 44.2 Å². The van der Waals surface area contributed by atoms with Crippen LogP contribution in [0.5, 0.6) is 0 Å². The standard InChI is InChI=1S/C21H30ClN6O7P/c22-21-25-18(24-12-3-1-2-4-12)13-7-23-28(19(13)26-21)20-17(31)16(30)14(35-20)9-27(8-11-5-6-11)15(29)10-36(32,33)34/h7,11-12,14,16-17,20,30-31H,1-6,8-10H2,(H,24,25,26)(H2,32,33,34)/t14-,16-,17-,20-/m1/s1. The number of amides is 1. The van der Waals surface area contributed by atoms with Crippen molar-refractivity contribution in [2.24, 2.45) is 5.92 Å². The van der Waals surface area contributed by atoms with Gasteiger partial charge in [-0.25, -0.2) is 4.68 Å². The van der Waals surface area contributed by atoms with Gasteiger partial charge in [-0.2, -0.15) is 15.1 Å². The van der Waals surface area contributed by atoms with Gasteiger partial charge in [-0.15, -0.1) is 0 Å². The van der Waals surface area contributed by atoms with E-state index in [0.717, 1.165) is 38.5 Å². The molecule has 13 nitrogen and oxygen atoms in total. The third kappa shape index (κ3) is 5.67. The van der Waals surface area contributed by atoms with Crippen LogP contribution in [0.25, 0.3) is 11.0 Å². The van der Waals surface area contributed by atoms with Gasteiger partial charge in [-0.3, -0.25) is 9.36 Å². The molecule has 1 amide bonds. The molecule has 0 spiro atoms. The fourth-order valence-electron chi connectivity index (χ4n) is 4.92. The Morgan fingerprint density at radius 2 is 1.89 bits per heavy atom. The molecule has 2 aromatic rings. The van der Waals surface area contributed by atoms with Gasteiger partial charge in [-0.05, 0) is 43.2 Å². The quantitative estimate of drug-likeness (QED) is 0.223. The summed E-state index contributed by atoms with van der Waals surface area (Å²) in [6, 6.07) is 0.269. The predicted molar refractivity (Wildman–Crippen MR) is 128 cm³/mol. The summed E-state index contributed by atoms with van der Waals surface area (Å²) in [6.07, 6.45) is 1.87. The molecule has 15 heteroatoms. The van der Waals surface area contributed by atoms with Crippen LogP contribution >= 0.6 is 19.2 Å². The molecule has 0 radical (unpaired) electrons. The molecular weight excluding hydrogens is 515 g/mol. The molecule has 36 heavy (non-hydrogen) atoms. The predicted octanol–water partition coefficient (Wildman–Crippen LogP) is 0.870. The molecule has 3 heterocycles. The molecule has 2 saturated carbocycles. The van der Waals surface area contributed by atoms with Crippen LogP contribution in [-0.4, -0.2) is 94.2 Å². The van der Waals surface area contributed by atoms with Crippen LogP contribution in [0.3, 0.4) is 0 Å².